The molecule has 0 aromatic heterocycles. The van der Waals surface area contributed by atoms with E-state index in [4.69, 9.17) is 0 Å². The summed E-state index contributed by atoms with van der Waals surface area (Å²) in [5.41, 5.74) is 5.07. The third-order valence-corrected chi connectivity index (χ3v) is 3.95. The van der Waals surface area contributed by atoms with Gasteiger partial charge >= 0.3 is 0 Å². The van der Waals surface area contributed by atoms with Gasteiger partial charge in [-0.1, -0.05) is 73.3 Å². The Morgan fingerprint density at radius 1 is 0.958 bits per heavy atom. The van der Waals surface area contributed by atoms with E-state index in [1.165, 1.54) is 11.6 Å². The van der Waals surface area contributed by atoms with Crippen molar-refractivity contribution in [2.24, 2.45) is 0 Å². The Kier molecular flexibility index (Phi) is 6.08. The van der Waals surface area contributed by atoms with Crippen molar-refractivity contribution in [2.45, 2.75) is 19.8 Å². The smallest absolute Gasteiger partial charge is 0.131 e. The van der Waals surface area contributed by atoms with Crippen molar-refractivity contribution < 1.29 is 4.39 Å². The predicted octanol–water partition coefficient (Wildman–Crippen LogP) is 6.69. The molecular formula is C23H23F. The molecule has 1 heteroatoms. The van der Waals surface area contributed by atoms with Crippen molar-refractivity contribution in [3.05, 3.63) is 109 Å². The highest BCUT2D eigenvalue weighted by Gasteiger charge is 2.06. The fourth-order valence-electron chi connectivity index (χ4n) is 2.37. The lowest BCUT2D eigenvalue weighted by Gasteiger charge is -2.07. The van der Waals surface area contributed by atoms with Gasteiger partial charge in [-0.2, -0.15) is 0 Å². The van der Waals surface area contributed by atoms with Gasteiger partial charge in [0.2, 0.25) is 0 Å². The number of allylic oxidation sites excluding steroid dienone is 5. The van der Waals surface area contributed by atoms with Crippen molar-refractivity contribution in [2.75, 3.05) is 0 Å². The zero-order valence-corrected chi connectivity index (χ0v) is 14.2. The zero-order chi connectivity index (χ0) is 17.5. The number of benzene rings is 2. The minimum Gasteiger partial charge on any atom is -0.206 e. The minimum absolute atomic E-state index is 0.361. The van der Waals surface area contributed by atoms with Crippen LogP contribution < -0.4 is 0 Å². The molecule has 0 N–H and O–H groups in total. The Morgan fingerprint density at radius 2 is 1.54 bits per heavy atom. The van der Waals surface area contributed by atoms with E-state index in [2.05, 4.69) is 19.7 Å². The first kappa shape index (κ1) is 17.7. The summed E-state index contributed by atoms with van der Waals surface area (Å²) in [7, 11) is 0. The van der Waals surface area contributed by atoms with Crippen LogP contribution >= 0.6 is 0 Å². The molecule has 2 aromatic carbocycles. The molecule has 0 aliphatic heterocycles. The third-order valence-electron chi connectivity index (χ3n) is 3.95. The fourth-order valence-corrected chi connectivity index (χ4v) is 2.37. The van der Waals surface area contributed by atoms with Gasteiger partial charge in [0.25, 0.3) is 0 Å². The second-order valence-corrected chi connectivity index (χ2v) is 5.89. The summed E-state index contributed by atoms with van der Waals surface area (Å²) in [4.78, 5) is 0. The zero-order valence-electron chi connectivity index (χ0n) is 14.2. The topological polar surface area (TPSA) is 0 Å². The van der Waals surface area contributed by atoms with Crippen molar-refractivity contribution in [3.63, 3.8) is 0 Å². The van der Waals surface area contributed by atoms with Gasteiger partial charge in [-0.3, -0.25) is 0 Å². The molecule has 0 saturated heterocycles. The molecule has 122 valence electrons. The molecule has 0 radical (unpaired) electrons. The quantitative estimate of drug-likeness (QED) is 0.394. The Hall–Kier alpha value is -2.67. The van der Waals surface area contributed by atoms with Gasteiger partial charge in [0.1, 0.15) is 5.83 Å². The molecular weight excluding hydrogens is 295 g/mol. The standard InChI is InChI=1S/C23H23F/c1-5-6-7-20-10-14-21(15-11-20)18(3)16-23(24)19(4)22-12-8-17(2)9-13-22/h5,8-16H,1,3-4,6-7H2,2H3/b23-16+. The lowest BCUT2D eigenvalue weighted by molar-refractivity contribution is 0.675. The summed E-state index contributed by atoms with van der Waals surface area (Å²) in [6, 6.07) is 15.7. The summed E-state index contributed by atoms with van der Waals surface area (Å²) in [5, 5.41) is 0. The van der Waals surface area contributed by atoms with Crippen LogP contribution in [-0.4, -0.2) is 0 Å². The summed E-state index contributed by atoms with van der Waals surface area (Å²) in [5.74, 6) is -0.361. The highest BCUT2D eigenvalue weighted by atomic mass is 19.1. The number of rotatable bonds is 7. The van der Waals surface area contributed by atoms with Gasteiger partial charge in [-0.15, -0.1) is 6.58 Å². The van der Waals surface area contributed by atoms with Crippen LogP contribution in [0.15, 0.2) is 86.2 Å². The van der Waals surface area contributed by atoms with E-state index >= 15 is 0 Å². The Balaban J connectivity index is 2.11. The number of hydrogen-bond donors (Lipinski definition) is 0. The monoisotopic (exact) mass is 318 g/mol. The number of halogens is 1. The Morgan fingerprint density at radius 3 is 2.12 bits per heavy atom. The fraction of sp³-hybridized carbons (Fsp3) is 0.130. The van der Waals surface area contributed by atoms with Gasteiger partial charge in [-0.25, -0.2) is 4.39 Å². The molecule has 0 aliphatic carbocycles. The molecule has 0 fully saturated rings. The second kappa shape index (κ2) is 8.26. The maximum Gasteiger partial charge on any atom is 0.131 e. The molecule has 0 amide bonds. The summed E-state index contributed by atoms with van der Waals surface area (Å²) < 4.78 is 14.5. The highest BCUT2D eigenvalue weighted by Crippen LogP contribution is 2.26. The molecule has 0 spiro atoms. The van der Waals surface area contributed by atoms with E-state index in [-0.39, 0.29) is 5.83 Å². The molecule has 0 unspecified atom stereocenters. The van der Waals surface area contributed by atoms with Gasteiger partial charge in [-0.05, 0) is 48.1 Å². The second-order valence-electron chi connectivity index (χ2n) is 5.89. The van der Waals surface area contributed by atoms with E-state index in [9.17, 15) is 4.39 Å². The number of hydrogen-bond acceptors (Lipinski definition) is 0. The van der Waals surface area contributed by atoms with Gasteiger partial charge in [0.05, 0.1) is 0 Å². The van der Waals surface area contributed by atoms with E-state index < -0.39 is 0 Å². The Bertz CT molecular complexity index is 759. The minimum atomic E-state index is -0.361. The normalized spacial score (nSPS) is 11.2. The molecule has 0 aliphatic rings. The first-order valence-electron chi connectivity index (χ1n) is 8.04. The van der Waals surface area contributed by atoms with Crippen LogP contribution in [0.4, 0.5) is 4.39 Å². The van der Waals surface area contributed by atoms with E-state index in [1.54, 1.807) is 0 Å². The van der Waals surface area contributed by atoms with E-state index in [1.807, 2.05) is 61.5 Å². The van der Waals surface area contributed by atoms with Crippen LogP contribution in [-0.2, 0) is 6.42 Å². The predicted molar refractivity (Wildman–Crippen MR) is 103 cm³/mol. The van der Waals surface area contributed by atoms with Gasteiger partial charge in [0.15, 0.2) is 0 Å². The van der Waals surface area contributed by atoms with Gasteiger partial charge < -0.3 is 0 Å². The van der Waals surface area contributed by atoms with Crippen LogP contribution in [0.3, 0.4) is 0 Å². The highest BCUT2D eigenvalue weighted by molar-refractivity contribution is 5.81. The summed E-state index contributed by atoms with van der Waals surface area (Å²) in [6.45, 7) is 13.6. The molecule has 2 rings (SSSR count). The lowest BCUT2D eigenvalue weighted by Crippen LogP contribution is -1.88. The maximum atomic E-state index is 14.5. The molecule has 0 atom stereocenters. The first-order chi connectivity index (χ1) is 11.5. The third kappa shape index (κ3) is 4.66. The van der Waals surface area contributed by atoms with Crippen molar-refractivity contribution >= 4 is 11.1 Å². The molecule has 0 nitrogen and oxygen atoms in total. The largest absolute Gasteiger partial charge is 0.206 e. The van der Waals surface area contributed by atoms with Crippen LogP contribution in [0.2, 0.25) is 0 Å². The molecule has 24 heavy (non-hydrogen) atoms. The van der Waals surface area contributed by atoms with Crippen molar-refractivity contribution in [1.82, 2.24) is 0 Å². The molecule has 0 bridgehead atoms. The van der Waals surface area contributed by atoms with Crippen LogP contribution in [0.5, 0.6) is 0 Å². The molecule has 0 saturated carbocycles. The Labute approximate surface area is 144 Å². The lowest BCUT2D eigenvalue weighted by atomic mass is 10.00. The number of aryl methyl sites for hydroxylation is 2. The molecule has 0 heterocycles. The summed E-state index contributed by atoms with van der Waals surface area (Å²) >= 11 is 0. The summed E-state index contributed by atoms with van der Waals surface area (Å²) in [6.07, 6.45) is 5.26. The van der Waals surface area contributed by atoms with Gasteiger partial charge in [0, 0.05) is 5.57 Å². The average molecular weight is 318 g/mol. The van der Waals surface area contributed by atoms with Crippen molar-refractivity contribution in [3.8, 4) is 0 Å². The maximum absolute atomic E-state index is 14.5. The van der Waals surface area contributed by atoms with Crippen LogP contribution in [0.1, 0.15) is 28.7 Å². The van der Waals surface area contributed by atoms with Crippen molar-refractivity contribution in [1.29, 1.82) is 0 Å². The molecule has 2 aromatic rings. The SMILES string of the molecule is C=CCCc1ccc(C(=C)/C=C(/F)C(=C)c2ccc(C)cc2)cc1. The van der Waals surface area contributed by atoms with Crippen LogP contribution in [0, 0.1) is 6.92 Å². The first-order valence-corrected chi connectivity index (χ1v) is 8.04. The van der Waals surface area contributed by atoms with Crippen LogP contribution in [0.25, 0.3) is 11.1 Å². The van der Waals surface area contributed by atoms with E-state index in [0.717, 1.165) is 29.5 Å². The van der Waals surface area contributed by atoms with E-state index in [0.29, 0.717) is 11.1 Å². The average Bonchev–Trinajstić information content (AvgIpc) is 2.60.